The lowest BCUT2D eigenvalue weighted by atomic mass is 10.2. The molecule has 0 spiro atoms. The first-order chi connectivity index (χ1) is 14.4. The number of fused-ring (bicyclic) bond motifs is 1. The quantitative estimate of drug-likeness (QED) is 0.385. The molecule has 0 radical (unpaired) electrons. The van der Waals surface area contributed by atoms with Crippen LogP contribution in [-0.2, 0) is 16.0 Å². The van der Waals surface area contributed by atoms with Crippen molar-refractivity contribution in [2.45, 2.75) is 33.3 Å². The van der Waals surface area contributed by atoms with Gasteiger partial charge < -0.3 is 9.47 Å². The number of ether oxygens (including phenoxy) is 2. The molecule has 0 aliphatic carbocycles. The minimum absolute atomic E-state index is 0.224. The van der Waals surface area contributed by atoms with Crippen molar-refractivity contribution in [3.05, 3.63) is 68.7 Å². The number of hydrogen-bond acceptors (Lipinski definition) is 6. The maximum absolute atomic E-state index is 12.9. The highest BCUT2D eigenvalue weighted by molar-refractivity contribution is 9.10. The molecule has 0 N–H and O–H groups in total. The van der Waals surface area contributed by atoms with Crippen molar-refractivity contribution in [1.29, 1.82) is 0 Å². The lowest BCUT2D eigenvalue weighted by Crippen LogP contribution is -2.26. The van der Waals surface area contributed by atoms with Crippen LogP contribution in [0, 0.1) is 0 Å². The Kier molecular flexibility index (Phi) is 6.99. The van der Waals surface area contributed by atoms with E-state index < -0.39 is 12.1 Å². The van der Waals surface area contributed by atoms with Gasteiger partial charge in [0.25, 0.3) is 5.56 Å². The highest BCUT2D eigenvalue weighted by Gasteiger charge is 2.15. The summed E-state index contributed by atoms with van der Waals surface area (Å²) in [6.07, 6.45) is 1.46. The van der Waals surface area contributed by atoms with Crippen molar-refractivity contribution in [1.82, 2.24) is 9.66 Å². The summed E-state index contributed by atoms with van der Waals surface area (Å²) in [5.74, 6) is 0.704. The second-order valence-corrected chi connectivity index (χ2v) is 7.40. The lowest BCUT2D eigenvalue weighted by molar-refractivity contribution is -0.150. The van der Waals surface area contributed by atoms with Crippen molar-refractivity contribution < 1.29 is 14.3 Å². The fraction of sp³-hybridized carbons (Fsp3) is 0.273. The monoisotopic (exact) mass is 471 g/mol. The Hall–Kier alpha value is -3.00. The lowest BCUT2D eigenvalue weighted by Gasteiger charge is -2.13. The standard InChI is InChI=1S/C22H22BrN3O4/c1-4-20-25-19-11-8-16(23)12-18(19)21(27)26(20)24-13-15-6-9-17(10-7-15)30-14(3)22(28)29-5-2/h6-14H,4-5H2,1-3H3/t14-/m0/s1. The van der Waals surface area contributed by atoms with Crippen molar-refractivity contribution in [2.24, 2.45) is 5.10 Å². The number of carbonyl (C=O) groups excluding carboxylic acids is 1. The molecule has 1 aromatic heterocycles. The van der Waals surface area contributed by atoms with Gasteiger partial charge in [0, 0.05) is 10.9 Å². The summed E-state index contributed by atoms with van der Waals surface area (Å²) in [6.45, 7) is 5.62. The van der Waals surface area contributed by atoms with E-state index in [1.807, 2.05) is 19.1 Å². The van der Waals surface area contributed by atoms with Gasteiger partial charge in [-0.05, 0) is 61.9 Å². The highest BCUT2D eigenvalue weighted by atomic mass is 79.9. The predicted molar refractivity (Wildman–Crippen MR) is 119 cm³/mol. The minimum atomic E-state index is -0.696. The maximum atomic E-state index is 12.9. The van der Waals surface area contributed by atoms with Crippen molar-refractivity contribution in [3.63, 3.8) is 0 Å². The van der Waals surface area contributed by atoms with E-state index in [0.717, 1.165) is 10.0 Å². The minimum Gasteiger partial charge on any atom is -0.479 e. The van der Waals surface area contributed by atoms with Crippen LogP contribution in [0.15, 0.2) is 56.8 Å². The van der Waals surface area contributed by atoms with E-state index in [1.54, 1.807) is 50.4 Å². The van der Waals surface area contributed by atoms with E-state index in [9.17, 15) is 9.59 Å². The molecule has 0 unspecified atom stereocenters. The largest absolute Gasteiger partial charge is 0.479 e. The van der Waals surface area contributed by atoms with Gasteiger partial charge in [-0.25, -0.2) is 9.78 Å². The predicted octanol–water partition coefficient (Wildman–Crippen LogP) is 3.93. The third-order valence-electron chi connectivity index (χ3n) is 4.33. The molecule has 0 aliphatic rings. The number of halogens is 1. The molecule has 0 amide bonds. The fourth-order valence-corrected chi connectivity index (χ4v) is 3.17. The second kappa shape index (κ2) is 9.67. The number of aromatic nitrogens is 2. The molecule has 0 saturated carbocycles. The first-order valence-corrected chi connectivity index (χ1v) is 10.4. The number of carbonyl (C=O) groups is 1. The van der Waals surface area contributed by atoms with Gasteiger partial charge in [-0.2, -0.15) is 9.78 Å². The van der Waals surface area contributed by atoms with Crippen LogP contribution >= 0.6 is 15.9 Å². The van der Waals surface area contributed by atoms with Crippen LogP contribution in [0.25, 0.3) is 10.9 Å². The van der Waals surface area contributed by atoms with Gasteiger partial charge in [0.2, 0.25) is 0 Å². The molecule has 1 atom stereocenters. The summed E-state index contributed by atoms with van der Waals surface area (Å²) in [4.78, 5) is 29.1. The first kappa shape index (κ1) is 21.7. The maximum Gasteiger partial charge on any atom is 0.347 e. The number of rotatable bonds is 7. The summed E-state index contributed by atoms with van der Waals surface area (Å²) in [7, 11) is 0. The number of hydrogen-bond donors (Lipinski definition) is 0. The van der Waals surface area contributed by atoms with Crippen LogP contribution in [0.2, 0.25) is 0 Å². The van der Waals surface area contributed by atoms with E-state index in [2.05, 4.69) is 26.0 Å². The normalized spacial score (nSPS) is 12.3. The van der Waals surface area contributed by atoms with Crippen LogP contribution in [0.4, 0.5) is 0 Å². The molecule has 8 heteroatoms. The number of aryl methyl sites for hydroxylation is 1. The molecule has 3 rings (SSSR count). The van der Waals surface area contributed by atoms with Crippen LogP contribution in [0.1, 0.15) is 32.2 Å². The SMILES string of the molecule is CCOC(=O)[C@H](C)Oc1ccc(C=Nn2c(CC)nc3ccc(Br)cc3c2=O)cc1. The Morgan fingerprint density at radius 1 is 1.23 bits per heavy atom. The molecule has 0 fully saturated rings. The van der Waals surface area contributed by atoms with Gasteiger partial charge in [0.1, 0.15) is 11.6 Å². The molecule has 3 aromatic rings. The molecule has 30 heavy (non-hydrogen) atoms. The molecule has 0 bridgehead atoms. The zero-order valence-electron chi connectivity index (χ0n) is 17.0. The Balaban J connectivity index is 1.83. The smallest absolute Gasteiger partial charge is 0.347 e. The highest BCUT2D eigenvalue weighted by Crippen LogP contribution is 2.17. The Labute approximate surface area is 182 Å². The topological polar surface area (TPSA) is 82.8 Å². The first-order valence-electron chi connectivity index (χ1n) is 9.61. The van der Waals surface area contributed by atoms with E-state index in [4.69, 9.17) is 9.47 Å². The zero-order valence-corrected chi connectivity index (χ0v) is 18.5. The average molecular weight is 472 g/mol. The van der Waals surface area contributed by atoms with Gasteiger partial charge in [-0.1, -0.05) is 22.9 Å². The second-order valence-electron chi connectivity index (χ2n) is 6.49. The van der Waals surface area contributed by atoms with Crippen LogP contribution in [0.5, 0.6) is 5.75 Å². The number of benzene rings is 2. The third-order valence-corrected chi connectivity index (χ3v) is 4.82. The summed E-state index contributed by atoms with van der Waals surface area (Å²) < 4.78 is 12.6. The summed E-state index contributed by atoms with van der Waals surface area (Å²) in [5, 5.41) is 4.85. The van der Waals surface area contributed by atoms with Crippen molar-refractivity contribution >= 4 is 39.0 Å². The van der Waals surface area contributed by atoms with Gasteiger partial charge in [0.15, 0.2) is 6.10 Å². The Morgan fingerprint density at radius 3 is 2.63 bits per heavy atom. The van der Waals surface area contributed by atoms with Gasteiger partial charge in [-0.3, -0.25) is 4.79 Å². The fourth-order valence-electron chi connectivity index (χ4n) is 2.81. The summed E-state index contributed by atoms with van der Waals surface area (Å²) in [5.41, 5.74) is 1.19. The summed E-state index contributed by atoms with van der Waals surface area (Å²) in [6, 6.07) is 12.5. The van der Waals surface area contributed by atoms with Crippen LogP contribution in [0.3, 0.4) is 0 Å². The molecule has 2 aromatic carbocycles. The van der Waals surface area contributed by atoms with E-state index in [0.29, 0.717) is 35.5 Å². The van der Waals surface area contributed by atoms with E-state index >= 15 is 0 Å². The molecular weight excluding hydrogens is 450 g/mol. The van der Waals surface area contributed by atoms with Gasteiger partial charge in [-0.15, -0.1) is 0 Å². The van der Waals surface area contributed by atoms with Gasteiger partial charge in [0.05, 0.1) is 23.7 Å². The van der Waals surface area contributed by atoms with Crippen LogP contribution in [-0.4, -0.2) is 34.6 Å². The molecule has 0 aliphatic heterocycles. The molecule has 1 heterocycles. The third kappa shape index (κ3) is 4.94. The zero-order chi connectivity index (χ0) is 21.7. The van der Waals surface area contributed by atoms with E-state index in [1.165, 1.54) is 4.68 Å². The molecule has 156 valence electrons. The Morgan fingerprint density at radius 2 is 1.97 bits per heavy atom. The Bertz CT molecular complexity index is 1140. The molecular formula is C22H22BrN3O4. The van der Waals surface area contributed by atoms with E-state index in [-0.39, 0.29) is 5.56 Å². The summed E-state index contributed by atoms with van der Waals surface area (Å²) >= 11 is 3.39. The molecule has 7 nitrogen and oxygen atoms in total. The number of esters is 1. The number of nitrogens with zero attached hydrogens (tertiary/aromatic N) is 3. The average Bonchev–Trinajstić information content (AvgIpc) is 2.74. The van der Waals surface area contributed by atoms with Crippen molar-refractivity contribution in [2.75, 3.05) is 6.61 Å². The van der Waals surface area contributed by atoms with Gasteiger partial charge >= 0.3 is 5.97 Å². The molecule has 0 saturated heterocycles. The van der Waals surface area contributed by atoms with Crippen LogP contribution < -0.4 is 10.3 Å². The van der Waals surface area contributed by atoms with Crippen molar-refractivity contribution in [3.8, 4) is 5.75 Å².